The highest BCUT2D eigenvalue weighted by Gasteiger charge is 2.62. The maximum absolute atomic E-state index is 12.3. The highest BCUT2D eigenvalue weighted by atomic mass is 16.6. The molecular formula is C25H36O5. The van der Waals surface area contributed by atoms with E-state index < -0.39 is 0 Å². The van der Waals surface area contributed by atoms with Gasteiger partial charge in [0, 0.05) is 38.0 Å². The molecule has 3 saturated carbocycles. The lowest BCUT2D eigenvalue weighted by molar-refractivity contribution is -0.172. The minimum atomic E-state index is -0.283. The summed E-state index contributed by atoms with van der Waals surface area (Å²) in [4.78, 5) is 35.9. The van der Waals surface area contributed by atoms with Crippen LogP contribution in [0.4, 0.5) is 0 Å². The second kappa shape index (κ2) is 7.49. The Labute approximate surface area is 179 Å². The Morgan fingerprint density at radius 2 is 1.67 bits per heavy atom. The van der Waals surface area contributed by atoms with Crippen LogP contribution >= 0.6 is 0 Å². The van der Waals surface area contributed by atoms with Gasteiger partial charge in [-0.15, -0.1) is 0 Å². The second-order valence-corrected chi connectivity index (χ2v) is 10.7. The Morgan fingerprint density at radius 3 is 2.30 bits per heavy atom. The summed E-state index contributed by atoms with van der Waals surface area (Å²) in [5.74, 6) is 1.47. The summed E-state index contributed by atoms with van der Waals surface area (Å²) in [6, 6.07) is 0. The molecule has 0 amide bonds. The summed E-state index contributed by atoms with van der Waals surface area (Å²) in [6.45, 7) is 9.28. The quantitative estimate of drug-likeness (QED) is 0.496. The minimum Gasteiger partial charge on any atom is -0.462 e. The molecule has 3 fully saturated rings. The lowest BCUT2D eigenvalue weighted by atomic mass is 9.46. The molecule has 5 heteroatoms. The van der Waals surface area contributed by atoms with E-state index in [0.29, 0.717) is 30.0 Å². The molecule has 0 heterocycles. The van der Waals surface area contributed by atoms with E-state index in [9.17, 15) is 14.4 Å². The first-order chi connectivity index (χ1) is 14.1. The van der Waals surface area contributed by atoms with Gasteiger partial charge >= 0.3 is 11.9 Å². The van der Waals surface area contributed by atoms with Crippen molar-refractivity contribution in [3.63, 3.8) is 0 Å². The summed E-state index contributed by atoms with van der Waals surface area (Å²) in [5.41, 5.74) is 1.17. The molecule has 0 aromatic carbocycles. The number of rotatable bonds is 3. The number of ketones is 1. The van der Waals surface area contributed by atoms with E-state index in [4.69, 9.17) is 9.47 Å². The van der Waals surface area contributed by atoms with Crippen LogP contribution in [0.25, 0.3) is 0 Å². The van der Waals surface area contributed by atoms with Crippen LogP contribution in [-0.4, -0.2) is 29.9 Å². The number of hydrogen-bond donors (Lipinski definition) is 0. The van der Waals surface area contributed by atoms with Crippen molar-refractivity contribution >= 4 is 17.7 Å². The molecule has 0 aromatic heterocycles. The van der Waals surface area contributed by atoms with Crippen molar-refractivity contribution < 1.29 is 23.9 Å². The smallest absolute Gasteiger partial charge is 0.302 e. The predicted octanol–water partition coefficient (Wildman–Crippen LogP) is 4.63. The summed E-state index contributed by atoms with van der Waals surface area (Å²) < 4.78 is 11.4. The van der Waals surface area contributed by atoms with Crippen LogP contribution < -0.4 is 0 Å². The SMILES string of the molecule is CC(=O)O[C@H]1CC2=CC[C@@H]3[C@H]4CC[C@@H](C(C)=O)[C@]4(C)CC[C@H]3[C@@]2(C)[C@@H](OC(C)=O)C1. The molecule has 0 spiro atoms. The number of carbonyl (C=O) groups is 3. The monoisotopic (exact) mass is 416 g/mol. The van der Waals surface area contributed by atoms with Gasteiger partial charge < -0.3 is 9.47 Å². The van der Waals surface area contributed by atoms with Gasteiger partial charge in [-0.25, -0.2) is 0 Å². The predicted molar refractivity (Wildman–Crippen MR) is 112 cm³/mol. The fraction of sp³-hybridized carbons (Fsp3) is 0.800. The van der Waals surface area contributed by atoms with Crippen molar-refractivity contribution in [3.8, 4) is 0 Å². The van der Waals surface area contributed by atoms with Crippen LogP contribution in [0.1, 0.15) is 79.6 Å². The maximum atomic E-state index is 12.3. The summed E-state index contributed by atoms with van der Waals surface area (Å²) in [6.07, 6.45) is 8.40. The molecule has 0 bridgehead atoms. The molecule has 4 aliphatic carbocycles. The van der Waals surface area contributed by atoms with Gasteiger partial charge in [0.2, 0.25) is 0 Å². The van der Waals surface area contributed by atoms with Crippen molar-refractivity contribution in [3.05, 3.63) is 11.6 Å². The van der Waals surface area contributed by atoms with Crippen molar-refractivity contribution in [2.75, 3.05) is 0 Å². The molecule has 0 saturated heterocycles. The number of allylic oxidation sites excluding steroid dienone is 1. The number of carbonyl (C=O) groups excluding carboxylic acids is 3. The molecule has 0 radical (unpaired) electrons. The van der Waals surface area contributed by atoms with E-state index in [-0.39, 0.29) is 40.9 Å². The first kappa shape index (κ1) is 21.6. The van der Waals surface area contributed by atoms with E-state index in [2.05, 4.69) is 19.9 Å². The second-order valence-electron chi connectivity index (χ2n) is 10.7. The largest absolute Gasteiger partial charge is 0.462 e. The van der Waals surface area contributed by atoms with Gasteiger partial charge in [-0.3, -0.25) is 14.4 Å². The molecule has 4 aliphatic rings. The number of fused-ring (bicyclic) bond motifs is 5. The number of Topliss-reactive ketones (excluding diaryl/α,β-unsaturated/α-hetero) is 1. The van der Waals surface area contributed by atoms with E-state index in [1.54, 1.807) is 6.92 Å². The average molecular weight is 417 g/mol. The topological polar surface area (TPSA) is 69.7 Å². The van der Waals surface area contributed by atoms with Crippen LogP contribution in [-0.2, 0) is 23.9 Å². The standard InChI is InChI=1S/C25H36O5/c1-14(26)20-8-9-21-19-7-6-17-12-18(29-15(2)27)13-23(30-16(3)28)25(17,5)22(19)10-11-24(20,21)4/h6,18-23H,7-13H2,1-5H3/t18-,19+,20-,21+,22+,23-,24-,25-/m0/s1. The maximum Gasteiger partial charge on any atom is 0.302 e. The van der Waals surface area contributed by atoms with Gasteiger partial charge in [-0.1, -0.05) is 25.5 Å². The molecular weight excluding hydrogens is 380 g/mol. The van der Waals surface area contributed by atoms with Crippen LogP contribution in [0.2, 0.25) is 0 Å². The normalized spacial score (nSPS) is 44.8. The summed E-state index contributed by atoms with van der Waals surface area (Å²) >= 11 is 0. The molecule has 4 rings (SSSR count). The van der Waals surface area contributed by atoms with Crippen molar-refractivity contribution in [2.45, 2.75) is 91.8 Å². The fourth-order valence-electron chi connectivity index (χ4n) is 8.02. The molecule has 0 unspecified atom stereocenters. The Morgan fingerprint density at radius 1 is 0.967 bits per heavy atom. The third-order valence-electron chi connectivity index (χ3n) is 9.26. The summed E-state index contributed by atoms with van der Waals surface area (Å²) in [7, 11) is 0. The zero-order valence-electron chi connectivity index (χ0n) is 19.0. The molecule has 0 aromatic rings. The van der Waals surface area contributed by atoms with Gasteiger partial charge in [-0.05, 0) is 62.2 Å². The van der Waals surface area contributed by atoms with Crippen LogP contribution in [0, 0.1) is 34.5 Å². The van der Waals surface area contributed by atoms with E-state index >= 15 is 0 Å². The van der Waals surface area contributed by atoms with Crippen LogP contribution in [0.3, 0.4) is 0 Å². The Hall–Kier alpha value is -1.65. The number of esters is 2. The Bertz CT molecular complexity index is 784. The average Bonchev–Trinajstić information content (AvgIpc) is 2.99. The number of ether oxygens (including phenoxy) is 2. The zero-order valence-corrected chi connectivity index (χ0v) is 19.0. The zero-order chi connectivity index (χ0) is 21.8. The van der Waals surface area contributed by atoms with Gasteiger partial charge in [0.15, 0.2) is 0 Å². The third-order valence-corrected chi connectivity index (χ3v) is 9.26. The third kappa shape index (κ3) is 3.23. The van der Waals surface area contributed by atoms with E-state index in [0.717, 1.165) is 38.5 Å². The van der Waals surface area contributed by atoms with Gasteiger partial charge in [-0.2, -0.15) is 0 Å². The molecule has 30 heavy (non-hydrogen) atoms. The van der Waals surface area contributed by atoms with Gasteiger partial charge in [0.25, 0.3) is 0 Å². The van der Waals surface area contributed by atoms with E-state index in [1.165, 1.54) is 19.4 Å². The van der Waals surface area contributed by atoms with Crippen molar-refractivity contribution in [1.29, 1.82) is 0 Å². The Balaban J connectivity index is 1.68. The van der Waals surface area contributed by atoms with Gasteiger partial charge in [0.05, 0.1) is 0 Å². The van der Waals surface area contributed by atoms with Crippen molar-refractivity contribution in [2.24, 2.45) is 34.5 Å². The first-order valence-corrected chi connectivity index (χ1v) is 11.6. The van der Waals surface area contributed by atoms with Gasteiger partial charge in [0.1, 0.15) is 18.0 Å². The minimum absolute atomic E-state index is 0.0978. The van der Waals surface area contributed by atoms with Crippen LogP contribution in [0.15, 0.2) is 11.6 Å². The molecule has 8 atom stereocenters. The summed E-state index contributed by atoms with van der Waals surface area (Å²) in [5, 5.41) is 0. The lowest BCUT2D eigenvalue weighted by Gasteiger charge is -2.59. The lowest BCUT2D eigenvalue weighted by Crippen LogP contribution is -2.57. The fourth-order valence-corrected chi connectivity index (χ4v) is 8.02. The van der Waals surface area contributed by atoms with Crippen molar-refractivity contribution in [1.82, 2.24) is 0 Å². The number of hydrogen-bond acceptors (Lipinski definition) is 5. The molecule has 0 aliphatic heterocycles. The van der Waals surface area contributed by atoms with Crippen LogP contribution in [0.5, 0.6) is 0 Å². The molecule has 5 nitrogen and oxygen atoms in total. The highest BCUT2D eigenvalue weighted by Crippen LogP contribution is 2.66. The highest BCUT2D eigenvalue weighted by molar-refractivity contribution is 5.79. The molecule has 0 N–H and O–H groups in total. The first-order valence-electron chi connectivity index (χ1n) is 11.6. The van der Waals surface area contributed by atoms with E-state index in [1.807, 2.05) is 0 Å². The molecule has 166 valence electrons. The Kier molecular flexibility index (Phi) is 5.39.